The molecule has 3 N–H and O–H groups in total. The van der Waals surface area contributed by atoms with Crippen LogP contribution in [0.25, 0.3) is 0 Å². The number of carbonyl (C=O) groups excluding carboxylic acids is 1. The van der Waals surface area contributed by atoms with Crippen LogP contribution in [0.15, 0.2) is 0 Å². The molecule has 1 aliphatic rings. The Labute approximate surface area is 113 Å². The van der Waals surface area contributed by atoms with Gasteiger partial charge < -0.3 is 11.1 Å². The van der Waals surface area contributed by atoms with Crippen molar-refractivity contribution in [2.75, 3.05) is 18.1 Å². The van der Waals surface area contributed by atoms with Crippen molar-refractivity contribution in [3.05, 3.63) is 0 Å². The Hall–Kier alpha value is -0.290. The molecule has 0 radical (unpaired) electrons. The van der Waals surface area contributed by atoms with E-state index in [1.165, 1.54) is 0 Å². The molecule has 0 aromatic rings. The van der Waals surface area contributed by atoms with Gasteiger partial charge in [0, 0.05) is 6.54 Å². The van der Waals surface area contributed by atoms with Crippen molar-refractivity contribution in [1.82, 2.24) is 5.32 Å². The molecular weight excluding hydrogens is 252 g/mol. The number of nitrogens with one attached hydrogen (secondary N) is 1. The van der Waals surface area contributed by atoms with Gasteiger partial charge in [0.2, 0.25) is 5.91 Å². The van der Waals surface area contributed by atoms with Crippen molar-refractivity contribution >= 4 is 34.9 Å². The largest absolute Gasteiger partial charge is 0.392 e. The highest BCUT2D eigenvalue weighted by Crippen LogP contribution is 2.45. The fourth-order valence-electron chi connectivity index (χ4n) is 2.32. The summed E-state index contributed by atoms with van der Waals surface area (Å²) < 4.78 is 0. The van der Waals surface area contributed by atoms with Gasteiger partial charge in [0.05, 0.1) is 10.4 Å². The molecule has 0 atom stereocenters. The second kappa shape index (κ2) is 6.59. The average Bonchev–Trinajstić information content (AvgIpc) is 2.23. The van der Waals surface area contributed by atoms with Crippen molar-refractivity contribution in [2.24, 2.45) is 17.1 Å². The second-order valence-electron chi connectivity index (χ2n) is 4.77. The molecule has 0 heterocycles. The van der Waals surface area contributed by atoms with Crippen LogP contribution in [0.1, 0.15) is 33.1 Å². The van der Waals surface area contributed by atoms with Gasteiger partial charge in [-0.25, -0.2) is 0 Å². The number of hydrogen-bond acceptors (Lipinski definition) is 3. The molecule has 0 aliphatic heterocycles. The molecule has 3 nitrogen and oxygen atoms in total. The lowest BCUT2D eigenvalue weighted by Crippen LogP contribution is -2.56. The van der Waals surface area contributed by atoms with E-state index in [9.17, 15) is 4.79 Å². The fourth-order valence-corrected chi connectivity index (χ4v) is 3.21. The number of thioether (sulfide) groups is 1. The molecule has 1 amide bonds. The predicted octanol–water partition coefficient (Wildman–Crippen LogP) is 1.95. The van der Waals surface area contributed by atoms with Gasteiger partial charge in [0.15, 0.2) is 0 Å². The van der Waals surface area contributed by atoms with Crippen molar-refractivity contribution < 1.29 is 4.79 Å². The van der Waals surface area contributed by atoms with Crippen molar-refractivity contribution in [1.29, 1.82) is 0 Å². The van der Waals surface area contributed by atoms with Crippen molar-refractivity contribution in [3.8, 4) is 0 Å². The Morgan fingerprint density at radius 3 is 2.71 bits per heavy atom. The third kappa shape index (κ3) is 3.58. The number of carbonyl (C=O) groups is 1. The van der Waals surface area contributed by atoms with E-state index in [1.54, 1.807) is 0 Å². The first kappa shape index (κ1) is 14.8. The molecule has 17 heavy (non-hydrogen) atoms. The SMILES string of the molecule is CCSCCCNC(=O)C1(C(N)=S)CC(C)C1. The highest BCUT2D eigenvalue weighted by atomic mass is 32.2. The van der Waals surface area contributed by atoms with E-state index in [2.05, 4.69) is 19.2 Å². The normalized spacial score (nSPS) is 27.3. The smallest absolute Gasteiger partial charge is 0.233 e. The summed E-state index contributed by atoms with van der Waals surface area (Å²) in [4.78, 5) is 12.4. The van der Waals surface area contributed by atoms with E-state index >= 15 is 0 Å². The van der Waals surface area contributed by atoms with Gasteiger partial charge in [0.1, 0.15) is 0 Å². The minimum atomic E-state index is -0.549. The first-order valence-electron chi connectivity index (χ1n) is 6.19. The quantitative estimate of drug-likeness (QED) is 0.550. The second-order valence-corrected chi connectivity index (χ2v) is 6.60. The van der Waals surface area contributed by atoms with Crippen LogP contribution in [0.4, 0.5) is 0 Å². The first-order chi connectivity index (χ1) is 8.03. The molecule has 1 fully saturated rings. The maximum Gasteiger partial charge on any atom is 0.233 e. The van der Waals surface area contributed by atoms with Gasteiger partial charge in [-0.2, -0.15) is 11.8 Å². The minimum absolute atomic E-state index is 0.0320. The summed E-state index contributed by atoms with van der Waals surface area (Å²) in [5.74, 6) is 2.80. The summed E-state index contributed by atoms with van der Waals surface area (Å²) in [5, 5.41) is 2.97. The van der Waals surface area contributed by atoms with E-state index in [-0.39, 0.29) is 5.91 Å². The maximum absolute atomic E-state index is 12.1. The zero-order chi connectivity index (χ0) is 12.9. The third-order valence-electron chi connectivity index (χ3n) is 3.26. The van der Waals surface area contributed by atoms with Gasteiger partial charge in [-0.3, -0.25) is 4.79 Å². The Balaban J connectivity index is 2.33. The van der Waals surface area contributed by atoms with E-state index in [1.807, 2.05) is 11.8 Å². The van der Waals surface area contributed by atoms with Gasteiger partial charge in [-0.1, -0.05) is 26.1 Å². The molecular formula is C12H22N2OS2. The van der Waals surface area contributed by atoms with Crippen LogP contribution in [-0.4, -0.2) is 28.9 Å². The lowest BCUT2D eigenvalue weighted by Gasteiger charge is -2.44. The summed E-state index contributed by atoms with van der Waals surface area (Å²) in [6.07, 6.45) is 2.61. The lowest BCUT2D eigenvalue weighted by molar-refractivity contribution is -0.132. The zero-order valence-electron chi connectivity index (χ0n) is 10.6. The number of hydrogen-bond donors (Lipinski definition) is 2. The van der Waals surface area contributed by atoms with Gasteiger partial charge >= 0.3 is 0 Å². The number of nitrogens with two attached hydrogens (primary N) is 1. The fraction of sp³-hybridized carbons (Fsp3) is 0.833. The van der Waals surface area contributed by atoms with Gasteiger partial charge in [0.25, 0.3) is 0 Å². The van der Waals surface area contributed by atoms with E-state index in [0.717, 1.165) is 37.3 Å². The summed E-state index contributed by atoms with van der Waals surface area (Å²) in [7, 11) is 0. The van der Waals surface area contributed by atoms with Crippen LogP contribution in [0.5, 0.6) is 0 Å². The molecule has 1 rings (SSSR count). The first-order valence-corrected chi connectivity index (χ1v) is 7.75. The van der Waals surface area contributed by atoms with Gasteiger partial charge in [-0.05, 0) is 36.7 Å². The molecule has 98 valence electrons. The third-order valence-corrected chi connectivity index (χ3v) is 4.63. The molecule has 5 heteroatoms. The topological polar surface area (TPSA) is 55.1 Å². The summed E-state index contributed by atoms with van der Waals surface area (Å²) in [6.45, 7) is 4.99. The molecule has 0 saturated heterocycles. The van der Waals surface area contributed by atoms with E-state index in [0.29, 0.717) is 10.9 Å². The van der Waals surface area contributed by atoms with Crippen LogP contribution in [-0.2, 0) is 4.79 Å². The van der Waals surface area contributed by atoms with Crippen molar-refractivity contribution in [3.63, 3.8) is 0 Å². The molecule has 0 aromatic heterocycles. The monoisotopic (exact) mass is 274 g/mol. The molecule has 0 aromatic carbocycles. The van der Waals surface area contributed by atoms with E-state index < -0.39 is 5.41 Å². The molecule has 1 aliphatic carbocycles. The maximum atomic E-state index is 12.1. The zero-order valence-corrected chi connectivity index (χ0v) is 12.3. The van der Waals surface area contributed by atoms with Crippen LogP contribution in [0.2, 0.25) is 0 Å². The highest BCUT2D eigenvalue weighted by Gasteiger charge is 2.50. The van der Waals surface area contributed by atoms with Crippen LogP contribution in [0.3, 0.4) is 0 Å². The standard InChI is InChI=1S/C12H22N2OS2/c1-3-17-6-4-5-14-11(15)12(10(13)16)7-9(2)8-12/h9H,3-8H2,1-2H3,(H2,13,16)(H,14,15). The Kier molecular flexibility index (Phi) is 5.73. The Morgan fingerprint density at radius 1 is 1.59 bits per heavy atom. The molecule has 1 saturated carbocycles. The van der Waals surface area contributed by atoms with Crippen LogP contribution < -0.4 is 11.1 Å². The molecule has 0 unspecified atom stereocenters. The summed E-state index contributed by atoms with van der Waals surface area (Å²) >= 11 is 6.94. The molecule has 0 bridgehead atoms. The van der Waals surface area contributed by atoms with Crippen LogP contribution >= 0.6 is 24.0 Å². The Morgan fingerprint density at radius 2 is 2.24 bits per heavy atom. The van der Waals surface area contributed by atoms with Gasteiger partial charge in [-0.15, -0.1) is 0 Å². The highest BCUT2D eigenvalue weighted by molar-refractivity contribution is 7.99. The number of rotatable bonds is 7. The number of amides is 1. The summed E-state index contributed by atoms with van der Waals surface area (Å²) in [6, 6.07) is 0. The Bertz CT molecular complexity index is 288. The predicted molar refractivity (Wildman–Crippen MR) is 78.2 cm³/mol. The summed E-state index contributed by atoms with van der Waals surface area (Å²) in [5.41, 5.74) is 5.17. The van der Waals surface area contributed by atoms with E-state index in [4.69, 9.17) is 18.0 Å². The lowest BCUT2D eigenvalue weighted by atomic mass is 9.62. The van der Waals surface area contributed by atoms with Crippen LogP contribution in [0, 0.1) is 11.3 Å². The molecule has 0 spiro atoms. The average molecular weight is 274 g/mol. The minimum Gasteiger partial charge on any atom is -0.392 e. The van der Waals surface area contributed by atoms with Crippen molar-refractivity contribution in [2.45, 2.75) is 33.1 Å². The number of thiocarbonyl (C=S) groups is 1.